The number of nitrogens with zero attached hydrogens (tertiary/aromatic N) is 8. The molecule has 11 aromatic carbocycles. The van der Waals surface area contributed by atoms with Crippen molar-refractivity contribution < 1.29 is 0 Å². The van der Waals surface area contributed by atoms with Crippen LogP contribution in [0.2, 0.25) is 0 Å². The first-order chi connectivity index (χ1) is 40.4. The molecule has 0 aliphatic rings. The van der Waals surface area contributed by atoms with Crippen LogP contribution in [0.1, 0.15) is 11.1 Å². The molecule has 0 aliphatic carbocycles. The van der Waals surface area contributed by atoms with E-state index in [0.717, 1.165) is 66.4 Å². The first kappa shape index (κ1) is 49.9. The molecule has 2 aromatic heterocycles. The fraction of sp³-hybridized carbons (Fsp3) is 0. The molecule has 8 nitrogen and oxygen atoms in total. The molecule has 0 N–H and O–H groups in total. The maximum atomic E-state index is 10.5. The third-order valence-corrected chi connectivity index (χ3v) is 20.1. The van der Waals surface area contributed by atoms with Gasteiger partial charge in [0.05, 0.1) is 42.0 Å². The lowest BCUT2D eigenvalue weighted by atomic mass is 9.97. The number of nitriles is 2. The summed E-state index contributed by atoms with van der Waals surface area (Å²) in [5, 5.41) is 27.1. The van der Waals surface area contributed by atoms with E-state index in [1.54, 1.807) is 24.3 Å². The minimum atomic E-state index is -2.94. The van der Waals surface area contributed by atoms with Crippen LogP contribution < -0.4 is 20.7 Å². The van der Waals surface area contributed by atoms with Crippen molar-refractivity contribution in [3.05, 3.63) is 301 Å². The largest absolute Gasteiger partial charge is 0.308 e. The van der Waals surface area contributed by atoms with Crippen LogP contribution in [0.25, 0.3) is 105 Å². The van der Waals surface area contributed by atoms with Gasteiger partial charge in [-0.25, -0.2) is 24.6 Å². The average Bonchev–Trinajstić information content (AvgIpc) is 4.09. The average molecular weight is 1060 g/mol. The van der Waals surface area contributed by atoms with Crippen LogP contribution >= 0.6 is 0 Å². The number of fused-ring (bicyclic) bond motifs is 3. The van der Waals surface area contributed by atoms with Gasteiger partial charge in [-0.2, -0.15) is 10.5 Å². The summed E-state index contributed by atoms with van der Waals surface area (Å²) in [5.74, 6) is 1.54. The maximum absolute atomic E-state index is 10.5. The van der Waals surface area contributed by atoms with E-state index in [9.17, 15) is 10.5 Å². The van der Waals surface area contributed by atoms with Crippen LogP contribution in [0.15, 0.2) is 267 Å². The van der Waals surface area contributed by atoms with E-state index in [-0.39, 0.29) is 0 Å². The van der Waals surface area contributed by atoms with Gasteiger partial charge < -0.3 is 4.57 Å². The van der Waals surface area contributed by atoms with E-state index in [4.69, 9.17) is 28.1 Å². The van der Waals surface area contributed by atoms with Crippen LogP contribution in [0, 0.1) is 35.8 Å². The standard InChI is InChI=1S/C73H44N8Si/c1-76-57-35-38-62(56(42-57)48-75)54-33-39-68-65(44-54)66-45-55(63-36-31-49(47-74)41-67(63)77-2)34-40-69(66)81(68)70-46-53(32-37-64(70)73-79-71(50-19-8-3-9-20-50)78-72(80-73)51-21-10-4-11-22-51)52-23-18-30-61(43-52)82(58-24-12-5-13-25-58,59-26-14-6-15-27-59)60-28-16-7-17-29-60/h3-46H. The fourth-order valence-corrected chi connectivity index (χ4v) is 16.3. The lowest BCUT2D eigenvalue weighted by molar-refractivity contribution is 1.06. The molecule has 0 amide bonds. The topological polar surface area (TPSA) is 99.9 Å². The van der Waals surface area contributed by atoms with Gasteiger partial charge in [-0.1, -0.05) is 212 Å². The molecule has 0 fully saturated rings. The predicted octanol–water partition coefficient (Wildman–Crippen LogP) is 15.2. The monoisotopic (exact) mass is 1060 g/mol. The van der Waals surface area contributed by atoms with Crippen LogP contribution in [-0.4, -0.2) is 27.6 Å². The van der Waals surface area contributed by atoms with Gasteiger partial charge in [-0.15, -0.1) is 0 Å². The van der Waals surface area contributed by atoms with Crippen molar-refractivity contribution in [3.8, 4) is 85.4 Å². The van der Waals surface area contributed by atoms with E-state index in [1.807, 2.05) is 84.9 Å². The highest BCUT2D eigenvalue weighted by Crippen LogP contribution is 2.43. The zero-order chi connectivity index (χ0) is 55.6. The van der Waals surface area contributed by atoms with E-state index >= 15 is 0 Å². The minimum Gasteiger partial charge on any atom is -0.308 e. The molecule has 0 radical (unpaired) electrons. The number of hydrogen-bond acceptors (Lipinski definition) is 5. The molecule has 0 atom stereocenters. The number of benzene rings is 11. The molecule has 2 heterocycles. The number of hydrogen-bond donors (Lipinski definition) is 0. The van der Waals surface area contributed by atoms with E-state index < -0.39 is 8.07 Å². The van der Waals surface area contributed by atoms with Crippen molar-refractivity contribution in [2.24, 2.45) is 0 Å². The third-order valence-electron chi connectivity index (χ3n) is 15.3. The molecule has 380 valence electrons. The van der Waals surface area contributed by atoms with Crippen molar-refractivity contribution in [2.45, 2.75) is 0 Å². The molecular weight excluding hydrogens is 1020 g/mol. The van der Waals surface area contributed by atoms with E-state index in [2.05, 4.69) is 184 Å². The first-order valence-electron chi connectivity index (χ1n) is 26.7. The van der Waals surface area contributed by atoms with Crippen molar-refractivity contribution in [1.29, 1.82) is 10.5 Å². The zero-order valence-electron chi connectivity index (χ0n) is 44.0. The number of aromatic nitrogens is 4. The Morgan fingerprint density at radius 2 is 0.841 bits per heavy atom. The Kier molecular flexibility index (Phi) is 13.0. The molecule has 0 unspecified atom stereocenters. The van der Waals surface area contributed by atoms with Gasteiger partial charge in [0.2, 0.25) is 0 Å². The van der Waals surface area contributed by atoms with Gasteiger partial charge in [-0.05, 0) is 109 Å². The van der Waals surface area contributed by atoms with Crippen molar-refractivity contribution in [3.63, 3.8) is 0 Å². The van der Waals surface area contributed by atoms with Gasteiger partial charge in [0, 0.05) is 38.6 Å². The molecule has 0 spiro atoms. The van der Waals surface area contributed by atoms with Gasteiger partial charge in [0.1, 0.15) is 0 Å². The van der Waals surface area contributed by atoms with Gasteiger partial charge in [-0.3, -0.25) is 0 Å². The van der Waals surface area contributed by atoms with Gasteiger partial charge >= 0.3 is 0 Å². The van der Waals surface area contributed by atoms with Crippen LogP contribution in [0.3, 0.4) is 0 Å². The normalized spacial score (nSPS) is 11.1. The summed E-state index contributed by atoms with van der Waals surface area (Å²) in [6.45, 7) is 15.9. The Morgan fingerprint density at radius 3 is 1.38 bits per heavy atom. The molecule has 0 aliphatic heterocycles. The van der Waals surface area contributed by atoms with Crippen LogP contribution in [-0.2, 0) is 0 Å². The Hall–Kier alpha value is -11.6. The van der Waals surface area contributed by atoms with Gasteiger partial charge in [0.15, 0.2) is 36.9 Å². The smallest absolute Gasteiger partial charge is 0.196 e. The summed E-state index contributed by atoms with van der Waals surface area (Å²) in [6, 6.07) is 95.7. The molecule has 13 aromatic rings. The second kappa shape index (κ2) is 21.3. The molecule has 13 rings (SSSR count). The molecule has 0 bridgehead atoms. The molecular formula is C73H44N8Si. The maximum Gasteiger partial charge on any atom is 0.196 e. The summed E-state index contributed by atoms with van der Waals surface area (Å²) in [5.41, 5.74) is 11.6. The summed E-state index contributed by atoms with van der Waals surface area (Å²) in [4.78, 5) is 23.2. The molecule has 0 saturated heterocycles. The SMILES string of the molecule is [C-]#[N+]c1ccc(-c2ccc3c(c2)c2cc(-c4ccc(C#N)cc4[N+]#[C-])ccc2n3-c2cc(-c3cccc([Si](c4ccccc4)(c4ccccc4)c4ccccc4)c3)ccc2-c2nc(-c3ccccc3)nc(-c3ccccc3)n2)c(C#N)c1. The highest BCUT2D eigenvalue weighted by molar-refractivity contribution is 7.19. The quantitative estimate of drug-likeness (QED) is 0.0730. The first-order valence-corrected chi connectivity index (χ1v) is 28.7. The number of rotatable bonds is 11. The Bertz CT molecular complexity index is 4500. The molecule has 0 saturated carbocycles. The second-order valence-corrected chi connectivity index (χ2v) is 23.7. The fourth-order valence-electron chi connectivity index (χ4n) is 11.5. The predicted molar refractivity (Wildman–Crippen MR) is 332 cm³/mol. The van der Waals surface area contributed by atoms with Crippen LogP contribution in [0.5, 0.6) is 0 Å². The van der Waals surface area contributed by atoms with Gasteiger partial charge in [0.25, 0.3) is 0 Å². The van der Waals surface area contributed by atoms with Crippen molar-refractivity contribution in [1.82, 2.24) is 19.5 Å². The lowest BCUT2D eigenvalue weighted by Gasteiger charge is -2.34. The summed E-state index contributed by atoms with van der Waals surface area (Å²) in [6.07, 6.45) is 0. The van der Waals surface area contributed by atoms with E-state index in [1.165, 1.54) is 20.7 Å². The molecule has 9 heteroatoms. The summed E-state index contributed by atoms with van der Waals surface area (Å²) < 4.78 is 2.27. The minimum absolute atomic E-state index is 0.371. The second-order valence-electron chi connectivity index (χ2n) is 19.9. The zero-order valence-corrected chi connectivity index (χ0v) is 45.0. The molecule has 82 heavy (non-hydrogen) atoms. The highest BCUT2D eigenvalue weighted by Gasteiger charge is 2.41. The lowest BCUT2D eigenvalue weighted by Crippen LogP contribution is -2.74. The summed E-state index contributed by atoms with van der Waals surface area (Å²) >= 11 is 0. The van der Waals surface area contributed by atoms with E-state index in [0.29, 0.717) is 51.1 Å². The Morgan fingerprint density at radius 1 is 0.366 bits per heavy atom. The Labute approximate surface area is 475 Å². The highest BCUT2D eigenvalue weighted by atomic mass is 28.3. The summed E-state index contributed by atoms with van der Waals surface area (Å²) in [7, 11) is -2.94. The van der Waals surface area contributed by atoms with Crippen LogP contribution in [0.4, 0.5) is 11.4 Å². The van der Waals surface area contributed by atoms with Crippen molar-refractivity contribution in [2.75, 3.05) is 0 Å². The Balaban J connectivity index is 1.11. The van der Waals surface area contributed by atoms with Crippen molar-refractivity contribution >= 4 is 62.0 Å². The third kappa shape index (κ3) is 8.85.